The number of nitrogens with zero attached hydrogens (tertiary/aromatic N) is 1. The molecule has 5 heteroatoms. The van der Waals surface area contributed by atoms with Crippen molar-refractivity contribution in [2.75, 3.05) is 46.0 Å². The summed E-state index contributed by atoms with van der Waals surface area (Å²) in [7, 11) is 0. The van der Waals surface area contributed by atoms with E-state index in [9.17, 15) is 0 Å². The van der Waals surface area contributed by atoms with Crippen molar-refractivity contribution in [2.45, 2.75) is 25.0 Å². The van der Waals surface area contributed by atoms with Crippen molar-refractivity contribution in [3.8, 4) is 11.5 Å². The van der Waals surface area contributed by atoms with E-state index >= 15 is 0 Å². The molecular weight excluding hydrogens is 280 g/mol. The quantitative estimate of drug-likeness (QED) is 0.895. The molecule has 1 aromatic rings. The van der Waals surface area contributed by atoms with Crippen LogP contribution in [0.3, 0.4) is 0 Å². The summed E-state index contributed by atoms with van der Waals surface area (Å²) in [5.74, 6) is 1.76. The molecule has 1 spiro atoms. The van der Waals surface area contributed by atoms with Crippen LogP contribution in [0.15, 0.2) is 18.2 Å². The van der Waals surface area contributed by atoms with Gasteiger partial charge in [-0.3, -0.25) is 4.90 Å². The Labute approximate surface area is 131 Å². The van der Waals surface area contributed by atoms with E-state index in [0.29, 0.717) is 13.2 Å². The lowest BCUT2D eigenvalue weighted by molar-refractivity contribution is -0.100. The van der Waals surface area contributed by atoms with Gasteiger partial charge in [-0.15, -0.1) is 0 Å². The molecule has 2 fully saturated rings. The minimum Gasteiger partial charge on any atom is -0.486 e. The van der Waals surface area contributed by atoms with E-state index in [4.69, 9.17) is 14.2 Å². The Morgan fingerprint density at radius 1 is 1.05 bits per heavy atom. The molecular formula is C17H24N2O3. The van der Waals surface area contributed by atoms with Crippen LogP contribution in [0.2, 0.25) is 0 Å². The van der Waals surface area contributed by atoms with E-state index in [1.165, 1.54) is 5.56 Å². The second-order valence-corrected chi connectivity index (χ2v) is 6.46. The molecule has 1 aromatic carbocycles. The van der Waals surface area contributed by atoms with Gasteiger partial charge >= 0.3 is 0 Å². The smallest absolute Gasteiger partial charge is 0.161 e. The van der Waals surface area contributed by atoms with Gasteiger partial charge in [0.25, 0.3) is 0 Å². The molecule has 120 valence electrons. The number of hydrogen-bond acceptors (Lipinski definition) is 5. The van der Waals surface area contributed by atoms with Gasteiger partial charge in [0.1, 0.15) is 13.2 Å². The van der Waals surface area contributed by atoms with Crippen LogP contribution in [0.5, 0.6) is 11.5 Å². The zero-order valence-electron chi connectivity index (χ0n) is 13.0. The second-order valence-electron chi connectivity index (χ2n) is 6.46. The summed E-state index contributed by atoms with van der Waals surface area (Å²) >= 11 is 0. The minimum absolute atomic E-state index is 0.0849. The van der Waals surface area contributed by atoms with Crippen molar-refractivity contribution in [3.63, 3.8) is 0 Å². The number of nitrogens with one attached hydrogen (secondary N) is 1. The van der Waals surface area contributed by atoms with Gasteiger partial charge in [0.15, 0.2) is 11.5 Å². The molecule has 3 heterocycles. The Kier molecular flexibility index (Phi) is 3.94. The average molecular weight is 304 g/mol. The van der Waals surface area contributed by atoms with E-state index in [1.807, 2.05) is 6.07 Å². The summed E-state index contributed by atoms with van der Waals surface area (Å²) in [5, 5.41) is 3.47. The van der Waals surface area contributed by atoms with Gasteiger partial charge in [0.05, 0.1) is 12.2 Å². The third-order valence-corrected chi connectivity index (χ3v) is 4.91. The summed E-state index contributed by atoms with van der Waals surface area (Å²) in [6.45, 7) is 7.30. The minimum atomic E-state index is 0.0849. The van der Waals surface area contributed by atoms with E-state index in [-0.39, 0.29) is 5.60 Å². The maximum Gasteiger partial charge on any atom is 0.161 e. The molecule has 0 amide bonds. The molecule has 0 bridgehead atoms. The molecule has 0 radical (unpaired) electrons. The molecule has 0 aliphatic carbocycles. The summed E-state index contributed by atoms with van der Waals surface area (Å²) in [6, 6.07) is 6.30. The molecule has 3 aliphatic heterocycles. The number of fused-ring (bicyclic) bond motifs is 1. The number of hydrogen-bond donors (Lipinski definition) is 1. The highest BCUT2D eigenvalue weighted by Crippen LogP contribution is 2.32. The van der Waals surface area contributed by atoms with Gasteiger partial charge in [-0.25, -0.2) is 0 Å². The zero-order chi connectivity index (χ0) is 14.8. The van der Waals surface area contributed by atoms with E-state index in [2.05, 4.69) is 22.3 Å². The first-order valence-corrected chi connectivity index (χ1v) is 8.29. The summed E-state index contributed by atoms with van der Waals surface area (Å²) < 4.78 is 17.3. The van der Waals surface area contributed by atoms with E-state index in [0.717, 1.165) is 63.7 Å². The number of morpholine rings is 1. The van der Waals surface area contributed by atoms with Crippen LogP contribution < -0.4 is 14.8 Å². The van der Waals surface area contributed by atoms with Crippen LogP contribution in [-0.2, 0) is 11.3 Å². The van der Waals surface area contributed by atoms with Crippen LogP contribution >= 0.6 is 0 Å². The Hall–Kier alpha value is -1.30. The standard InChI is InChI=1S/C17H24N2O3/c1-2-15-16(21-10-9-20-15)11-14(1)12-19-6-3-17(4-7-19)13-18-5-8-22-17/h1-2,11,18H,3-10,12-13H2. The normalized spacial score (nSPS) is 24.4. The van der Waals surface area contributed by atoms with Crippen molar-refractivity contribution in [1.29, 1.82) is 0 Å². The van der Waals surface area contributed by atoms with Gasteiger partial charge < -0.3 is 19.5 Å². The first-order valence-electron chi connectivity index (χ1n) is 8.29. The monoisotopic (exact) mass is 304 g/mol. The van der Waals surface area contributed by atoms with E-state index < -0.39 is 0 Å². The van der Waals surface area contributed by atoms with Gasteiger partial charge in [0.2, 0.25) is 0 Å². The number of ether oxygens (including phenoxy) is 3. The number of likely N-dealkylation sites (tertiary alicyclic amines) is 1. The van der Waals surface area contributed by atoms with Crippen molar-refractivity contribution >= 4 is 0 Å². The predicted molar refractivity (Wildman–Crippen MR) is 83.5 cm³/mol. The van der Waals surface area contributed by atoms with Crippen LogP contribution in [0.1, 0.15) is 18.4 Å². The highest BCUT2D eigenvalue weighted by atomic mass is 16.6. The van der Waals surface area contributed by atoms with Gasteiger partial charge in [0, 0.05) is 32.7 Å². The molecule has 0 atom stereocenters. The topological polar surface area (TPSA) is 43.0 Å². The summed E-state index contributed by atoms with van der Waals surface area (Å²) in [4.78, 5) is 2.51. The van der Waals surface area contributed by atoms with Crippen molar-refractivity contribution in [2.24, 2.45) is 0 Å². The third kappa shape index (κ3) is 2.93. The Morgan fingerprint density at radius 3 is 2.64 bits per heavy atom. The lowest BCUT2D eigenvalue weighted by Gasteiger charge is -2.44. The average Bonchev–Trinajstić information content (AvgIpc) is 2.58. The Bertz CT molecular complexity index is 519. The molecule has 22 heavy (non-hydrogen) atoms. The van der Waals surface area contributed by atoms with Crippen LogP contribution in [0, 0.1) is 0 Å². The first-order chi connectivity index (χ1) is 10.8. The molecule has 0 saturated carbocycles. The maximum absolute atomic E-state index is 6.05. The molecule has 0 unspecified atom stereocenters. The highest BCUT2D eigenvalue weighted by molar-refractivity contribution is 5.43. The van der Waals surface area contributed by atoms with Crippen LogP contribution in [0.25, 0.3) is 0 Å². The largest absolute Gasteiger partial charge is 0.486 e. The molecule has 5 nitrogen and oxygen atoms in total. The maximum atomic E-state index is 6.05. The fourth-order valence-corrected chi connectivity index (χ4v) is 3.59. The summed E-state index contributed by atoms with van der Waals surface area (Å²) in [5.41, 5.74) is 1.38. The second kappa shape index (κ2) is 6.07. The van der Waals surface area contributed by atoms with Gasteiger partial charge in [-0.1, -0.05) is 6.07 Å². The fraction of sp³-hybridized carbons (Fsp3) is 0.647. The molecule has 1 N–H and O–H groups in total. The van der Waals surface area contributed by atoms with Gasteiger partial charge in [-0.2, -0.15) is 0 Å². The fourth-order valence-electron chi connectivity index (χ4n) is 3.59. The molecule has 4 rings (SSSR count). The van der Waals surface area contributed by atoms with Gasteiger partial charge in [-0.05, 0) is 30.5 Å². The molecule has 3 aliphatic rings. The predicted octanol–water partition coefficient (Wildman–Crippen LogP) is 1.41. The van der Waals surface area contributed by atoms with Crippen molar-refractivity contribution in [1.82, 2.24) is 10.2 Å². The van der Waals surface area contributed by atoms with Crippen LogP contribution in [-0.4, -0.2) is 56.5 Å². The number of rotatable bonds is 2. The Balaban J connectivity index is 1.36. The van der Waals surface area contributed by atoms with Crippen molar-refractivity contribution in [3.05, 3.63) is 23.8 Å². The Morgan fingerprint density at radius 2 is 1.86 bits per heavy atom. The SMILES string of the molecule is c1cc2c(cc1CN1CCC3(CC1)CNCCO3)OCCO2. The summed E-state index contributed by atoms with van der Waals surface area (Å²) in [6.07, 6.45) is 2.23. The molecule has 2 saturated heterocycles. The lowest BCUT2D eigenvalue weighted by atomic mass is 9.90. The third-order valence-electron chi connectivity index (χ3n) is 4.91. The number of piperidine rings is 1. The highest BCUT2D eigenvalue weighted by Gasteiger charge is 2.36. The van der Waals surface area contributed by atoms with Crippen LogP contribution in [0.4, 0.5) is 0 Å². The first kappa shape index (κ1) is 14.3. The number of benzene rings is 1. The van der Waals surface area contributed by atoms with E-state index in [1.54, 1.807) is 0 Å². The zero-order valence-corrected chi connectivity index (χ0v) is 13.0. The lowest BCUT2D eigenvalue weighted by Crippen LogP contribution is -2.55. The van der Waals surface area contributed by atoms with Crippen molar-refractivity contribution < 1.29 is 14.2 Å². The molecule has 0 aromatic heterocycles.